The molecule has 1 N–H and O–H groups in total. The molecular formula is C22H32N4O2. The molecule has 1 aliphatic rings. The molecule has 152 valence electrons. The summed E-state index contributed by atoms with van der Waals surface area (Å²) in [5.41, 5.74) is 1.21. The minimum absolute atomic E-state index is 0.433. The summed E-state index contributed by atoms with van der Waals surface area (Å²) in [6.07, 6.45) is 5.07. The van der Waals surface area contributed by atoms with Gasteiger partial charge in [0.05, 0.1) is 13.7 Å². The lowest BCUT2D eigenvalue weighted by atomic mass is 10.1. The van der Waals surface area contributed by atoms with Gasteiger partial charge in [-0.15, -0.1) is 5.10 Å². The first-order valence-corrected chi connectivity index (χ1v) is 10.2. The second-order valence-electron chi connectivity index (χ2n) is 7.76. The largest absolute Gasteiger partial charge is 0.493 e. The molecule has 1 atom stereocenters. The summed E-state index contributed by atoms with van der Waals surface area (Å²) in [6, 6.07) is 10.6. The molecule has 1 fully saturated rings. The van der Waals surface area contributed by atoms with Crippen molar-refractivity contribution in [3.8, 4) is 11.5 Å². The predicted molar refractivity (Wildman–Crippen MR) is 112 cm³/mol. The smallest absolute Gasteiger partial charge is 0.161 e. The Bertz CT molecular complexity index is 724. The average molecular weight is 385 g/mol. The summed E-state index contributed by atoms with van der Waals surface area (Å²) in [5.74, 6) is 3.20. The van der Waals surface area contributed by atoms with Crippen LogP contribution in [0.5, 0.6) is 11.5 Å². The van der Waals surface area contributed by atoms with Gasteiger partial charge in [-0.1, -0.05) is 19.9 Å². The maximum Gasteiger partial charge on any atom is 0.161 e. The van der Waals surface area contributed by atoms with Gasteiger partial charge < -0.3 is 19.7 Å². The molecule has 1 saturated heterocycles. The molecule has 0 amide bonds. The van der Waals surface area contributed by atoms with E-state index in [0.29, 0.717) is 18.6 Å². The lowest BCUT2D eigenvalue weighted by Gasteiger charge is -2.33. The fourth-order valence-electron chi connectivity index (χ4n) is 3.42. The molecule has 2 heterocycles. The van der Waals surface area contributed by atoms with E-state index >= 15 is 0 Å². The van der Waals surface area contributed by atoms with Crippen LogP contribution in [0, 0.1) is 5.92 Å². The van der Waals surface area contributed by atoms with Crippen LogP contribution >= 0.6 is 0 Å². The normalized spacial score (nSPS) is 17.0. The molecule has 6 heteroatoms. The van der Waals surface area contributed by atoms with E-state index in [0.717, 1.165) is 49.8 Å². The van der Waals surface area contributed by atoms with Gasteiger partial charge in [-0.25, -0.2) is 0 Å². The van der Waals surface area contributed by atoms with E-state index in [4.69, 9.17) is 9.47 Å². The third-order valence-corrected chi connectivity index (χ3v) is 5.08. The Hall–Kier alpha value is -2.34. The van der Waals surface area contributed by atoms with Crippen LogP contribution in [0.4, 0.5) is 5.82 Å². The third-order valence-electron chi connectivity index (χ3n) is 5.08. The highest BCUT2D eigenvalue weighted by Crippen LogP contribution is 2.28. The quantitative estimate of drug-likeness (QED) is 0.712. The monoisotopic (exact) mass is 384 g/mol. The number of benzene rings is 1. The van der Waals surface area contributed by atoms with Gasteiger partial charge in [-0.2, -0.15) is 5.10 Å². The van der Waals surface area contributed by atoms with Gasteiger partial charge in [-0.3, -0.25) is 0 Å². The molecule has 1 unspecified atom stereocenters. The van der Waals surface area contributed by atoms with Gasteiger partial charge in [0, 0.05) is 31.9 Å². The van der Waals surface area contributed by atoms with E-state index in [-0.39, 0.29) is 0 Å². The number of hydrogen-bond acceptors (Lipinski definition) is 6. The van der Waals surface area contributed by atoms with Crippen LogP contribution in [-0.4, -0.2) is 43.0 Å². The molecule has 1 aliphatic heterocycles. The molecule has 1 aromatic heterocycles. The minimum atomic E-state index is 0.433. The second kappa shape index (κ2) is 10.3. The van der Waals surface area contributed by atoms with Crippen molar-refractivity contribution in [1.29, 1.82) is 0 Å². The van der Waals surface area contributed by atoms with Crippen molar-refractivity contribution >= 4 is 5.82 Å². The summed E-state index contributed by atoms with van der Waals surface area (Å²) >= 11 is 0. The minimum Gasteiger partial charge on any atom is -0.493 e. The Balaban J connectivity index is 1.56. The first-order chi connectivity index (χ1) is 13.7. The third kappa shape index (κ3) is 5.83. The summed E-state index contributed by atoms with van der Waals surface area (Å²) in [4.78, 5) is 2.31. The molecule has 0 bridgehead atoms. The number of hydrogen-bond donors (Lipinski definition) is 1. The van der Waals surface area contributed by atoms with Crippen LogP contribution in [0.1, 0.15) is 38.7 Å². The van der Waals surface area contributed by atoms with Crippen LogP contribution in [0.15, 0.2) is 36.5 Å². The topological polar surface area (TPSA) is 59.5 Å². The number of aromatic nitrogens is 2. The van der Waals surface area contributed by atoms with Crippen LogP contribution in [-0.2, 0) is 6.54 Å². The van der Waals surface area contributed by atoms with Crippen LogP contribution in [0.2, 0.25) is 0 Å². The van der Waals surface area contributed by atoms with Crippen LogP contribution in [0.25, 0.3) is 0 Å². The standard InChI is InChI=1S/C22H32N4O2/c1-17(2)10-13-28-21-14-18(8-9-20(21)27-3)15-23-19-6-5-12-26(16-19)22-7-4-11-24-25-22/h4,7-9,11,14,17,19,23H,5-6,10,12-13,15-16H2,1-3H3. The molecular weight excluding hydrogens is 352 g/mol. The molecule has 1 aromatic carbocycles. The second-order valence-corrected chi connectivity index (χ2v) is 7.76. The highest BCUT2D eigenvalue weighted by Gasteiger charge is 2.20. The van der Waals surface area contributed by atoms with Gasteiger partial charge in [0.25, 0.3) is 0 Å². The van der Waals surface area contributed by atoms with Crippen molar-refractivity contribution in [3.63, 3.8) is 0 Å². The van der Waals surface area contributed by atoms with E-state index in [2.05, 4.69) is 46.4 Å². The Morgan fingerprint density at radius 2 is 2.14 bits per heavy atom. The zero-order chi connectivity index (χ0) is 19.8. The van der Waals surface area contributed by atoms with Crippen molar-refractivity contribution in [2.75, 3.05) is 31.7 Å². The summed E-state index contributed by atoms with van der Waals surface area (Å²) in [7, 11) is 1.69. The fourth-order valence-corrected chi connectivity index (χ4v) is 3.42. The lowest BCUT2D eigenvalue weighted by Crippen LogP contribution is -2.45. The maximum absolute atomic E-state index is 5.97. The highest BCUT2D eigenvalue weighted by molar-refractivity contribution is 5.43. The van der Waals surface area contributed by atoms with E-state index in [9.17, 15) is 0 Å². The number of piperidine rings is 1. The summed E-state index contributed by atoms with van der Waals surface area (Å²) in [5, 5.41) is 11.9. The summed E-state index contributed by atoms with van der Waals surface area (Å²) in [6.45, 7) is 7.91. The van der Waals surface area contributed by atoms with Crippen molar-refractivity contribution in [1.82, 2.24) is 15.5 Å². The molecule has 0 aliphatic carbocycles. The van der Waals surface area contributed by atoms with Crippen molar-refractivity contribution in [3.05, 3.63) is 42.1 Å². The van der Waals surface area contributed by atoms with E-state index in [1.165, 1.54) is 12.0 Å². The Morgan fingerprint density at radius 1 is 1.25 bits per heavy atom. The van der Waals surface area contributed by atoms with Crippen molar-refractivity contribution in [2.24, 2.45) is 5.92 Å². The number of anilines is 1. The van der Waals surface area contributed by atoms with E-state index in [1.54, 1.807) is 13.3 Å². The van der Waals surface area contributed by atoms with E-state index < -0.39 is 0 Å². The number of rotatable bonds is 9. The van der Waals surface area contributed by atoms with Gasteiger partial charge in [-0.05, 0) is 55.0 Å². The molecule has 2 aromatic rings. The SMILES string of the molecule is COc1ccc(CNC2CCCN(c3cccnn3)C2)cc1OCCC(C)C. The number of nitrogens with zero attached hydrogens (tertiary/aromatic N) is 3. The van der Waals surface area contributed by atoms with Gasteiger partial charge in [0.2, 0.25) is 0 Å². The summed E-state index contributed by atoms with van der Waals surface area (Å²) < 4.78 is 11.4. The average Bonchev–Trinajstić information content (AvgIpc) is 2.73. The van der Waals surface area contributed by atoms with Gasteiger partial charge in [0.15, 0.2) is 17.3 Å². The number of ether oxygens (including phenoxy) is 2. The Kier molecular flexibility index (Phi) is 7.48. The predicted octanol–water partition coefficient (Wildman–Crippen LogP) is 3.67. The Labute approximate surface area is 168 Å². The first-order valence-electron chi connectivity index (χ1n) is 10.2. The molecule has 28 heavy (non-hydrogen) atoms. The zero-order valence-corrected chi connectivity index (χ0v) is 17.2. The molecule has 0 radical (unpaired) electrons. The molecule has 0 saturated carbocycles. The number of nitrogens with one attached hydrogen (secondary N) is 1. The first kappa shape index (κ1) is 20.4. The highest BCUT2D eigenvalue weighted by atomic mass is 16.5. The van der Waals surface area contributed by atoms with Crippen molar-refractivity contribution in [2.45, 2.75) is 45.7 Å². The van der Waals surface area contributed by atoms with E-state index in [1.807, 2.05) is 18.2 Å². The van der Waals surface area contributed by atoms with Crippen molar-refractivity contribution < 1.29 is 9.47 Å². The lowest BCUT2D eigenvalue weighted by molar-refractivity contribution is 0.272. The van der Waals surface area contributed by atoms with Gasteiger partial charge in [0.1, 0.15) is 0 Å². The number of methoxy groups -OCH3 is 1. The Morgan fingerprint density at radius 3 is 2.89 bits per heavy atom. The molecule has 0 spiro atoms. The van der Waals surface area contributed by atoms with Gasteiger partial charge >= 0.3 is 0 Å². The molecule has 6 nitrogen and oxygen atoms in total. The molecule has 3 rings (SSSR count). The zero-order valence-electron chi connectivity index (χ0n) is 17.2. The van der Waals surface area contributed by atoms with Crippen LogP contribution in [0.3, 0.4) is 0 Å². The maximum atomic E-state index is 5.97. The van der Waals surface area contributed by atoms with Crippen LogP contribution < -0.4 is 19.7 Å². The fraction of sp³-hybridized carbons (Fsp3) is 0.545.